The first-order valence-corrected chi connectivity index (χ1v) is 17.2. The Kier molecular flexibility index (Phi) is 10.6. The molecule has 0 N–H and O–H groups in total. The van der Waals surface area contributed by atoms with E-state index < -0.39 is 28.8 Å². The molecule has 7 rings (SSSR count). The number of aromatic nitrogens is 1. The molecule has 0 saturated carbocycles. The van der Waals surface area contributed by atoms with Crippen molar-refractivity contribution in [2.75, 3.05) is 71.0 Å². The predicted octanol–water partition coefficient (Wildman–Crippen LogP) is 6.56. The predicted molar refractivity (Wildman–Crippen MR) is 185 cm³/mol. The van der Waals surface area contributed by atoms with Gasteiger partial charge in [-0.25, -0.2) is 13.2 Å². The third kappa shape index (κ3) is 7.63. The Bertz CT molecular complexity index is 1840. The topological polar surface area (TPSA) is 64.0 Å². The van der Waals surface area contributed by atoms with E-state index in [-0.39, 0.29) is 28.9 Å². The molecule has 3 aromatic carbocycles. The third-order valence-corrected chi connectivity index (χ3v) is 10.1. The van der Waals surface area contributed by atoms with Crippen LogP contribution >= 0.6 is 0 Å². The third-order valence-electron chi connectivity index (χ3n) is 10.1. The van der Waals surface area contributed by atoms with Gasteiger partial charge in [0, 0.05) is 67.3 Å². The molecule has 49 heavy (non-hydrogen) atoms. The summed E-state index contributed by atoms with van der Waals surface area (Å²) >= 11 is 0. The first kappa shape index (κ1) is 34.5. The summed E-state index contributed by atoms with van der Waals surface area (Å²) in [7, 11) is 1.36. The Morgan fingerprint density at radius 1 is 0.878 bits per heavy atom. The first-order valence-electron chi connectivity index (χ1n) is 17.2. The number of nitrogens with zero attached hydrogens (tertiary/aromatic N) is 4. The van der Waals surface area contributed by atoms with Crippen molar-refractivity contribution in [3.8, 4) is 17.2 Å². The van der Waals surface area contributed by atoms with Crippen LogP contribution in [-0.4, -0.2) is 85.9 Å². The van der Waals surface area contributed by atoms with Crippen LogP contribution in [0.4, 0.5) is 18.9 Å². The smallest absolute Gasteiger partial charge is 0.263 e. The Morgan fingerprint density at radius 2 is 1.57 bits per heavy atom. The molecular weight excluding hydrogens is 633 g/mol. The van der Waals surface area contributed by atoms with Crippen LogP contribution in [-0.2, 0) is 0 Å². The molecule has 0 aliphatic carbocycles. The zero-order valence-corrected chi connectivity index (χ0v) is 28.2. The Labute approximate surface area is 284 Å². The Balaban J connectivity index is 1.19. The van der Waals surface area contributed by atoms with Crippen LogP contribution in [0.15, 0.2) is 65.6 Å². The number of pyridine rings is 1. The average Bonchev–Trinajstić information content (AvgIpc) is 3.10. The van der Waals surface area contributed by atoms with Crippen molar-refractivity contribution in [2.45, 2.75) is 39.0 Å². The van der Waals surface area contributed by atoms with Crippen molar-refractivity contribution in [1.82, 2.24) is 9.47 Å². The van der Waals surface area contributed by atoms with E-state index in [0.717, 1.165) is 36.3 Å². The maximum Gasteiger partial charge on any atom is 0.263 e. The summed E-state index contributed by atoms with van der Waals surface area (Å²) in [6.45, 7) is 11.1. The van der Waals surface area contributed by atoms with Gasteiger partial charge in [0.2, 0.25) is 5.43 Å². The number of fused-ring (bicyclic) bond motifs is 4. The maximum atomic E-state index is 14.9. The van der Waals surface area contributed by atoms with Crippen LogP contribution in [0.2, 0.25) is 0 Å². The highest BCUT2D eigenvalue weighted by Gasteiger charge is 2.37. The quantitative estimate of drug-likeness (QED) is 0.112. The molecule has 2 bridgehead atoms. The average molecular weight is 678 g/mol. The van der Waals surface area contributed by atoms with Crippen LogP contribution in [0.1, 0.15) is 49.4 Å². The van der Waals surface area contributed by atoms with Crippen LogP contribution in [0, 0.1) is 17.5 Å². The molecule has 260 valence electrons. The molecule has 3 aliphatic heterocycles. The van der Waals surface area contributed by atoms with E-state index in [1.807, 2.05) is 0 Å². The van der Waals surface area contributed by atoms with Gasteiger partial charge >= 0.3 is 0 Å². The highest BCUT2D eigenvalue weighted by molar-refractivity contribution is 6.07. The number of anilines is 1. The van der Waals surface area contributed by atoms with Gasteiger partial charge in [-0.1, -0.05) is 12.8 Å². The normalized spacial score (nSPS) is 18.5. The van der Waals surface area contributed by atoms with Gasteiger partial charge in [0.05, 0.1) is 45.4 Å². The number of carbonyl (C=O) groups excluding carboxylic acids is 1. The van der Waals surface area contributed by atoms with Crippen molar-refractivity contribution in [3.63, 3.8) is 0 Å². The van der Waals surface area contributed by atoms with Crippen molar-refractivity contribution >= 4 is 22.5 Å². The van der Waals surface area contributed by atoms with Crippen molar-refractivity contribution in [1.29, 1.82) is 0 Å². The highest BCUT2D eigenvalue weighted by Crippen LogP contribution is 2.28. The molecule has 0 spiro atoms. The van der Waals surface area contributed by atoms with Gasteiger partial charge < -0.3 is 23.4 Å². The lowest BCUT2D eigenvalue weighted by Crippen LogP contribution is -2.67. The fourth-order valence-corrected chi connectivity index (χ4v) is 7.19. The summed E-state index contributed by atoms with van der Waals surface area (Å²) in [5, 5.41) is 0.206. The number of hydrogen-bond acceptors (Lipinski definition) is 5. The van der Waals surface area contributed by atoms with E-state index in [1.54, 1.807) is 35.8 Å². The van der Waals surface area contributed by atoms with Gasteiger partial charge in [-0.3, -0.25) is 14.5 Å². The second kappa shape index (κ2) is 15.0. The van der Waals surface area contributed by atoms with Gasteiger partial charge in [0.15, 0.2) is 11.6 Å². The number of hydrogen-bond donors (Lipinski definition) is 0. The number of methoxy groups -OCH3 is 1. The van der Waals surface area contributed by atoms with E-state index >= 15 is 0 Å². The molecule has 1 amide bonds. The number of amides is 1. The molecule has 3 fully saturated rings. The van der Waals surface area contributed by atoms with E-state index in [0.29, 0.717) is 29.6 Å². The SMILES string of the molecule is CCN(C(=O)c1cn(-c2ccc(OC)c(F)c2)c2cc(OCCCCCCC[N+]34CCN(CC3)CC4)ccc2c1=O)c1cc(F)cc(F)c1. The van der Waals surface area contributed by atoms with Gasteiger partial charge in [0.25, 0.3) is 5.91 Å². The molecular formula is C38H44F3N4O4+. The van der Waals surface area contributed by atoms with Crippen LogP contribution in [0.25, 0.3) is 16.6 Å². The number of ether oxygens (including phenoxy) is 2. The van der Waals surface area contributed by atoms with Crippen LogP contribution in [0.5, 0.6) is 11.5 Å². The van der Waals surface area contributed by atoms with Crippen LogP contribution < -0.4 is 19.8 Å². The molecule has 11 heteroatoms. The molecule has 4 aromatic rings. The number of carbonyl (C=O) groups is 1. The number of benzene rings is 3. The van der Waals surface area contributed by atoms with E-state index in [1.165, 1.54) is 88.6 Å². The molecule has 3 saturated heterocycles. The standard InChI is InChI=1S/C38H44F3N4O4/c1-3-43(30-22-27(39)21-28(40)23-30)38(47)33-26-44(29-9-12-36(48-2)34(41)24-29)35-25-31(10-11-32(35)37(33)46)49-20-8-6-4-5-7-16-45-17-13-42(14-18-45)15-19-45/h9-12,21-26H,3-8,13-20H2,1-2H3/q+1. The lowest BCUT2D eigenvalue weighted by atomic mass is 10.1. The summed E-state index contributed by atoms with van der Waals surface area (Å²) in [5.74, 6) is -2.49. The van der Waals surface area contributed by atoms with Gasteiger partial charge in [-0.05, 0) is 62.6 Å². The summed E-state index contributed by atoms with van der Waals surface area (Å²) in [5.41, 5.74) is -0.0789. The summed E-state index contributed by atoms with van der Waals surface area (Å²) in [6.07, 6.45) is 6.93. The molecule has 4 heterocycles. The summed E-state index contributed by atoms with van der Waals surface area (Å²) < 4.78 is 57.1. The van der Waals surface area contributed by atoms with Gasteiger partial charge in [-0.15, -0.1) is 0 Å². The van der Waals surface area contributed by atoms with Crippen molar-refractivity contribution in [3.05, 3.63) is 94.0 Å². The van der Waals surface area contributed by atoms with Crippen molar-refractivity contribution < 1.29 is 31.9 Å². The number of rotatable bonds is 14. The number of quaternary nitrogens is 1. The van der Waals surface area contributed by atoms with Crippen LogP contribution in [0.3, 0.4) is 0 Å². The molecule has 3 aliphatic rings. The fraction of sp³-hybridized carbons (Fsp3) is 0.421. The number of unbranched alkanes of at least 4 members (excludes halogenated alkanes) is 4. The molecule has 0 atom stereocenters. The molecule has 1 aromatic heterocycles. The highest BCUT2D eigenvalue weighted by atomic mass is 19.1. The van der Waals surface area contributed by atoms with E-state index in [2.05, 4.69) is 4.90 Å². The largest absolute Gasteiger partial charge is 0.494 e. The van der Waals surface area contributed by atoms with E-state index in [4.69, 9.17) is 9.47 Å². The monoisotopic (exact) mass is 677 g/mol. The van der Waals surface area contributed by atoms with Gasteiger partial charge in [0.1, 0.15) is 22.9 Å². The minimum atomic E-state index is -0.850. The van der Waals surface area contributed by atoms with E-state index in [9.17, 15) is 22.8 Å². The Hall–Kier alpha value is -4.35. The zero-order valence-electron chi connectivity index (χ0n) is 28.2. The molecule has 0 radical (unpaired) electrons. The lowest BCUT2D eigenvalue weighted by Gasteiger charge is -2.50. The second-order valence-electron chi connectivity index (χ2n) is 13.1. The minimum Gasteiger partial charge on any atom is -0.494 e. The summed E-state index contributed by atoms with van der Waals surface area (Å²) in [4.78, 5) is 31.3. The second-order valence-corrected chi connectivity index (χ2v) is 13.1. The zero-order chi connectivity index (χ0) is 34.5. The summed E-state index contributed by atoms with van der Waals surface area (Å²) in [6, 6.07) is 12.1. The minimum absolute atomic E-state index is 0.0244. The number of halogens is 3. The lowest BCUT2D eigenvalue weighted by molar-refractivity contribution is -0.941. The fourth-order valence-electron chi connectivity index (χ4n) is 7.19. The van der Waals surface area contributed by atoms with Gasteiger partial charge in [-0.2, -0.15) is 0 Å². The van der Waals surface area contributed by atoms with Crippen molar-refractivity contribution in [2.24, 2.45) is 0 Å². The maximum absolute atomic E-state index is 14.9. The molecule has 8 nitrogen and oxygen atoms in total. The molecule has 0 unspecified atom stereocenters. The Morgan fingerprint density at radius 3 is 2.24 bits per heavy atom. The first-order chi connectivity index (χ1) is 23.7. The number of piperazine rings is 3.